The molecule has 1 aliphatic carbocycles. The van der Waals surface area contributed by atoms with Crippen LogP contribution in [-0.4, -0.2) is 53.9 Å². The molecule has 11 nitrogen and oxygen atoms in total. The summed E-state index contributed by atoms with van der Waals surface area (Å²) < 4.78 is 7.81. The Bertz CT molecular complexity index is 1770. The van der Waals surface area contributed by atoms with Crippen molar-refractivity contribution in [2.75, 3.05) is 28.6 Å². The zero-order valence-electron chi connectivity index (χ0n) is 23.3. The van der Waals surface area contributed by atoms with Crippen molar-refractivity contribution in [3.63, 3.8) is 0 Å². The van der Waals surface area contributed by atoms with Crippen molar-refractivity contribution in [1.82, 2.24) is 24.7 Å². The topological polar surface area (TPSA) is 134 Å². The van der Waals surface area contributed by atoms with E-state index in [2.05, 4.69) is 35.7 Å². The summed E-state index contributed by atoms with van der Waals surface area (Å²) in [6.07, 6.45) is 8.06. The summed E-state index contributed by atoms with van der Waals surface area (Å²) in [5.74, 6) is 0.761. The van der Waals surface area contributed by atoms with Gasteiger partial charge in [0.2, 0.25) is 0 Å². The van der Waals surface area contributed by atoms with Crippen LogP contribution in [0, 0.1) is 11.3 Å². The molecule has 12 heteroatoms. The highest BCUT2D eigenvalue weighted by Gasteiger charge is 2.46. The first-order valence-electron chi connectivity index (χ1n) is 14.3. The molecule has 43 heavy (non-hydrogen) atoms. The van der Waals surface area contributed by atoms with Gasteiger partial charge >= 0.3 is 12.0 Å². The lowest BCUT2D eigenvalue weighted by Gasteiger charge is -2.52. The van der Waals surface area contributed by atoms with Gasteiger partial charge in [0.05, 0.1) is 22.9 Å². The van der Waals surface area contributed by atoms with Crippen LogP contribution in [0.3, 0.4) is 0 Å². The van der Waals surface area contributed by atoms with Gasteiger partial charge in [0.25, 0.3) is 5.89 Å². The maximum atomic E-state index is 11.0. The molecule has 0 unspecified atom stereocenters. The lowest BCUT2D eigenvalue weighted by Crippen LogP contribution is -2.47. The van der Waals surface area contributed by atoms with Crippen molar-refractivity contribution in [3.05, 3.63) is 79.1 Å². The Morgan fingerprint density at radius 2 is 1.81 bits per heavy atom. The number of pyridine rings is 1. The number of hydrogen-bond acceptors (Lipinski definition) is 9. The van der Waals surface area contributed by atoms with E-state index < -0.39 is 5.97 Å². The zero-order valence-corrected chi connectivity index (χ0v) is 24.1. The second kappa shape index (κ2) is 11.1. The Kier molecular flexibility index (Phi) is 6.98. The van der Waals surface area contributed by atoms with Gasteiger partial charge in [0, 0.05) is 30.9 Å². The van der Waals surface area contributed by atoms with Crippen LogP contribution in [0.15, 0.2) is 77.6 Å². The molecule has 218 valence electrons. The quantitative estimate of drug-likeness (QED) is 0.188. The second-order valence-electron chi connectivity index (χ2n) is 11.4. The summed E-state index contributed by atoms with van der Waals surface area (Å²) >= 11 is 5.52. The number of piperidine rings is 1. The average molecular weight is 595 g/mol. The van der Waals surface area contributed by atoms with Crippen LogP contribution in [-0.2, 0) is 4.79 Å². The van der Waals surface area contributed by atoms with E-state index in [1.807, 2.05) is 65.2 Å². The number of nitrogens with one attached hydrogen (secondary N) is 2. The van der Waals surface area contributed by atoms with E-state index in [4.69, 9.17) is 21.7 Å². The number of benzene rings is 2. The van der Waals surface area contributed by atoms with Gasteiger partial charge in [-0.05, 0) is 79.5 Å². The first-order valence-corrected chi connectivity index (χ1v) is 14.7. The van der Waals surface area contributed by atoms with Gasteiger partial charge in [-0.2, -0.15) is 0 Å². The van der Waals surface area contributed by atoms with Crippen molar-refractivity contribution >= 4 is 57.4 Å². The molecule has 2 fully saturated rings. The van der Waals surface area contributed by atoms with Gasteiger partial charge < -0.3 is 25.1 Å². The van der Waals surface area contributed by atoms with Gasteiger partial charge in [-0.3, -0.25) is 9.36 Å². The number of nitrogens with zero attached hydrogens (tertiary/aromatic N) is 6. The van der Waals surface area contributed by atoms with Crippen molar-refractivity contribution in [1.29, 1.82) is 0 Å². The van der Waals surface area contributed by atoms with Gasteiger partial charge in [0.15, 0.2) is 4.99 Å². The van der Waals surface area contributed by atoms with Gasteiger partial charge in [-0.15, -0.1) is 5.10 Å². The number of hydrogen-bond donors (Lipinski definition) is 3. The summed E-state index contributed by atoms with van der Waals surface area (Å²) in [5.41, 5.74) is 4.66. The highest BCUT2D eigenvalue weighted by molar-refractivity contribution is 7.81. The fourth-order valence-corrected chi connectivity index (χ4v) is 6.58. The molecular weight excluding hydrogens is 564 g/mol. The molecule has 2 aromatic carbocycles. The molecule has 0 bridgehead atoms. The third kappa shape index (κ3) is 5.65. The number of rotatable bonds is 8. The van der Waals surface area contributed by atoms with E-state index in [1.54, 1.807) is 12.5 Å². The average Bonchev–Trinajstić information content (AvgIpc) is 3.65. The Balaban J connectivity index is 0.946. The van der Waals surface area contributed by atoms with Crippen molar-refractivity contribution in [3.8, 4) is 5.69 Å². The first kappa shape index (κ1) is 27.0. The fourth-order valence-electron chi connectivity index (χ4n) is 6.38. The number of carboxylic acids is 1. The molecule has 1 spiro atoms. The number of aromatic nitrogens is 5. The molecule has 0 radical (unpaired) electrons. The Morgan fingerprint density at radius 1 is 1.02 bits per heavy atom. The van der Waals surface area contributed by atoms with E-state index in [-0.39, 0.29) is 11.9 Å². The Morgan fingerprint density at radius 3 is 2.56 bits per heavy atom. The molecule has 4 heterocycles. The summed E-state index contributed by atoms with van der Waals surface area (Å²) in [6, 6.07) is 20.0. The highest BCUT2D eigenvalue weighted by atomic mass is 32.1. The number of carboxylic acid groups (broad SMARTS) is 1. The molecule has 3 N–H and O–H groups in total. The van der Waals surface area contributed by atoms with Crippen LogP contribution in [0.5, 0.6) is 0 Å². The minimum atomic E-state index is -0.687. The number of para-hydroxylation sites is 1. The first-order chi connectivity index (χ1) is 20.9. The normalized spacial score (nSPS) is 16.2. The van der Waals surface area contributed by atoms with Crippen molar-refractivity contribution < 1.29 is 14.3 Å². The molecule has 7 rings (SSSR count). The molecule has 1 aliphatic heterocycles. The van der Waals surface area contributed by atoms with Crippen LogP contribution in [0.4, 0.5) is 23.2 Å². The molecule has 3 aromatic heterocycles. The largest absolute Gasteiger partial charge is 0.481 e. The van der Waals surface area contributed by atoms with E-state index in [0.29, 0.717) is 22.7 Å². The van der Waals surface area contributed by atoms with Crippen LogP contribution < -0.4 is 15.5 Å². The monoisotopic (exact) mass is 594 g/mol. The Labute approximate surface area is 253 Å². The maximum absolute atomic E-state index is 11.0. The van der Waals surface area contributed by atoms with Crippen molar-refractivity contribution in [2.24, 2.45) is 11.3 Å². The number of imidazole rings is 1. The zero-order chi connectivity index (χ0) is 29.4. The number of carbonyl (C=O) groups is 1. The van der Waals surface area contributed by atoms with Crippen molar-refractivity contribution in [2.45, 2.75) is 32.1 Å². The predicted molar refractivity (Wildman–Crippen MR) is 167 cm³/mol. The van der Waals surface area contributed by atoms with Crippen LogP contribution in [0.2, 0.25) is 0 Å². The second-order valence-corrected chi connectivity index (χ2v) is 11.8. The molecule has 0 amide bonds. The molecule has 5 aromatic rings. The molecule has 2 aliphatic rings. The molecular formula is C31H30N8O3S. The maximum Gasteiger partial charge on any atom is 0.320 e. The third-order valence-corrected chi connectivity index (χ3v) is 8.79. The molecule has 1 saturated heterocycles. The summed E-state index contributed by atoms with van der Waals surface area (Å²) in [5, 5.41) is 23.5. The summed E-state index contributed by atoms with van der Waals surface area (Å²) in [4.78, 5) is 22.7. The smallest absolute Gasteiger partial charge is 0.320 e. The lowest BCUT2D eigenvalue weighted by molar-refractivity contribution is -0.140. The fraction of sp³-hybridized carbons (Fsp3) is 0.290. The van der Waals surface area contributed by atoms with Gasteiger partial charge in [0.1, 0.15) is 12.1 Å². The Hall–Kier alpha value is -4.84. The number of anilines is 4. The summed E-state index contributed by atoms with van der Waals surface area (Å²) in [6.45, 7) is 1.86. The van der Waals surface area contributed by atoms with Gasteiger partial charge in [-0.1, -0.05) is 35.5 Å². The third-order valence-electron chi connectivity index (χ3n) is 8.51. The van der Waals surface area contributed by atoms with Crippen LogP contribution >= 0.6 is 12.2 Å². The van der Waals surface area contributed by atoms with Crippen LogP contribution in [0.25, 0.3) is 16.7 Å². The van der Waals surface area contributed by atoms with Gasteiger partial charge in [-0.25, -0.2) is 9.97 Å². The minimum Gasteiger partial charge on any atom is -0.481 e. The summed E-state index contributed by atoms with van der Waals surface area (Å²) in [7, 11) is 0. The standard InChI is InChI=1S/C31H30N8O3S/c40-27(41)14-20-16-31(17-20)10-12-38(13-11-31)26-9-7-22(18-32-26)34-29(43)28-36-37-30(42-28)35-21-6-8-24-25(15-21)39(19-33-24)23-4-2-1-3-5-23/h1-9,15,18-20H,10-14,16-17H2,(H,34,43)(H,35,37)(H,40,41). The van der Waals surface area contributed by atoms with E-state index in [0.717, 1.165) is 72.7 Å². The van der Waals surface area contributed by atoms with E-state index in [1.165, 1.54) is 0 Å². The highest BCUT2D eigenvalue weighted by Crippen LogP contribution is 2.53. The van der Waals surface area contributed by atoms with E-state index >= 15 is 0 Å². The van der Waals surface area contributed by atoms with Crippen LogP contribution in [0.1, 0.15) is 38.0 Å². The number of aliphatic carboxylic acids is 1. The predicted octanol–water partition coefficient (Wildman–Crippen LogP) is 5.81. The SMILES string of the molecule is O=C(O)CC1CC2(CCN(c3ccc(NC(=S)c4nnc(Nc5ccc6ncn(-c7ccccc7)c6c5)o4)cn3)CC2)C1. The molecule has 1 saturated carbocycles. The number of thiocarbonyl (C=S) groups is 1. The number of fused-ring (bicyclic) bond motifs is 1. The van der Waals surface area contributed by atoms with E-state index in [9.17, 15) is 4.79 Å². The molecule has 0 atom stereocenters. The lowest BCUT2D eigenvalue weighted by atomic mass is 9.57. The minimum absolute atomic E-state index is 0.194.